The maximum Gasteiger partial charge on any atom is 0.335 e. The van der Waals surface area contributed by atoms with Gasteiger partial charge in [-0.1, -0.05) is 24.3 Å². The Morgan fingerprint density at radius 3 is 2.70 bits per heavy atom. The number of hydrogen-bond acceptors (Lipinski definition) is 8. The molecule has 37 heavy (non-hydrogen) atoms. The normalized spacial score (nSPS) is 13.2. The predicted molar refractivity (Wildman–Crippen MR) is 131 cm³/mol. The molecular weight excluding hydrogens is 480 g/mol. The van der Waals surface area contributed by atoms with Crippen LogP contribution in [0.25, 0.3) is 17.3 Å². The van der Waals surface area contributed by atoms with Gasteiger partial charge in [-0.05, 0) is 42.7 Å². The number of H-pyrrole nitrogens is 1. The molecule has 11 nitrogen and oxygen atoms in total. The first-order valence-electron chi connectivity index (χ1n) is 11.4. The van der Waals surface area contributed by atoms with E-state index in [2.05, 4.69) is 15.3 Å². The van der Waals surface area contributed by atoms with Crippen LogP contribution in [0.5, 0.6) is 11.6 Å². The molecule has 4 rings (SSSR count). The summed E-state index contributed by atoms with van der Waals surface area (Å²) in [6.45, 7) is 0.189. The van der Waals surface area contributed by atoms with E-state index in [1.807, 2.05) is 12.1 Å². The predicted octanol–water partition coefficient (Wildman–Crippen LogP) is -0.899. The number of para-hydroxylation sites is 1. The van der Waals surface area contributed by atoms with Crippen molar-refractivity contribution in [2.75, 3.05) is 13.7 Å². The lowest BCUT2D eigenvalue weighted by atomic mass is 10.1. The first kappa shape index (κ1) is 25.2. The van der Waals surface area contributed by atoms with Gasteiger partial charge in [-0.2, -0.15) is 0 Å². The van der Waals surface area contributed by atoms with E-state index in [4.69, 9.17) is 4.74 Å². The van der Waals surface area contributed by atoms with E-state index in [1.165, 1.54) is 19.3 Å². The number of aromatic hydroxyl groups is 1. The molecule has 190 valence electrons. The summed E-state index contributed by atoms with van der Waals surface area (Å²) in [7, 11) is 1.47. The number of carbonyl (C=O) groups is 2. The van der Waals surface area contributed by atoms with Gasteiger partial charge in [0.25, 0.3) is 5.56 Å². The molecule has 0 unspecified atom stereocenters. The van der Waals surface area contributed by atoms with Gasteiger partial charge in [0.15, 0.2) is 0 Å². The number of aliphatic carboxylic acids is 1. The van der Waals surface area contributed by atoms with Gasteiger partial charge in [-0.15, -0.1) is 0 Å². The molecule has 3 aromatic rings. The molecule has 11 heteroatoms. The summed E-state index contributed by atoms with van der Waals surface area (Å²) in [5.41, 5.74) is -0.434. The summed E-state index contributed by atoms with van der Waals surface area (Å²) in [6, 6.07) is 13.7. The number of aromatic nitrogens is 2. The highest BCUT2D eigenvalue weighted by Gasteiger charge is 2.19. The summed E-state index contributed by atoms with van der Waals surface area (Å²) >= 11 is 0. The van der Waals surface area contributed by atoms with Crippen LogP contribution in [0, 0.1) is 0 Å². The fourth-order valence-corrected chi connectivity index (χ4v) is 3.97. The lowest BCUT2D eigenvalue weighted by molar-refractivity contribution is -0.305. The molecule has 0 saturated heterocycles. The van der Waals surface area contributed by atoms with Crippen molar-refractivity contribution in [2.24, 2.45) is 4.99 Å². The van der Waals surface area contributed by atoms with Crippen LogP contribution in [-0.2, 0) is 9.59 Å². The SMILES string of the molecule is COc1cccc(-n2c(O)c(/C=C3\N=c4ccccc4=C3CCNC(=O)CCC(=O)[O-])c(=O)[nH]c2=O)c1. The standard InChI is InChI=1S/C26H24N4O7/c1-37-16-6-4-5-15(13-16)30-25(35)19(24(34)29-26(30)36)14-21-18(17-7-2-3-8-20(17)28-21)11-12-27-22(31)9-10-23(32)33/h2-8,13-14,35H,9-12H2,1H3,(H,27,31)(H,32,33)(H,29,34,36)/p-1/b21-14-. The summed E-state index contributed by atoms with van der Waals surface area (Å²) in [4.78, 5) is 54.6. The fraction of sp³-hybridized carbons (Fsp3) is 0.192. The molecule has 0 fully saturated rings. The molecule has 0 saturated carbocycles. The van der Waals surface area contributed by atoms with E-state index in [9.17, 15) is 29.4 Å². The number of nitrogens with zero attached hydrogens (tertiary/aromatic N) is 2. The second kappa shape index (κ2) is 10.8. The van der Waals surface area contributed by atoms with Gasteiger partial charge >= 0.3 is 5.69 Å². The van der Waals surface area contributed by atoms with Crippen molar-refractivity contribution < 1.29 is 24.5 Å². The lowest BCUT2D eigenvalue weighted by Crippen LogP contribution is -2.30. The number of benzene rings is 2. The van der Waals surface area contributed by atoms with E-state index in [1.54, 1.807) is 30.3 Å². The minimum absolute atomic E-state index is 0.176. The second-order valence-corrected chi connectivity index (χ2v) is 8.14. The van der Waals surface area contributed by atoms with Gasteiger partial charge in [0.1, 0.15) is 11.3 Å². The van der Waals surface area contributed by atoms with E-state index >= 15 is 0 Å². The number of allylic oxidation sites excluding steroid dienone is 1. The van der Waals surface area contributed by atoms with Crippen molar-refractivity contribution in [3.63, 3.8) is 0 Å². The number of ether oxygens (including phenoxy) is 1. The Morgan fingerprint density at radius 1 is 1.16 bits per heavy atom. The van der Waals surface area contributed by atoms with Gasteiger partial charge in [0, 0.05) is 30.2 Å². The Bertz CT molecular complexity index is 1650. The number of carbonyl (C=O) groups excluding carboxylic acids is 2. The van der Waals surface area contributed by atoms with Crippen LogP contribution >= 0.6 is 0 Å². The zero-order chi connectivity index (χ0) is 26.5. The first-order valence-corrected chi connectivity index (χ1v) is 11.4. The minimum Gasteiger partial charge on any atom is -0.550 e. The molecule has 0 bridgehead atoms. The quantitative estimate of drug-likeness (QED) is 0.340. The molecule has 2 aromatic carbocycles. The van der Waals surface area contributed by atoms with Crippen LogP contribution in [-0.4, -0.2) is 40.2 Å². The van der Waals surface area contributed by atoms with Crippen LogP contribution in [0.2, 0.25) is 0 Å². The zero-order valence-corrected chi connectivity index (χ0v) is 19.8. The summed E-state index contributed by atoms with van der Waals surface area (Å²) in [6.07, 6.45) is 1.13. The van der Waals surface area contributed by atoms with Crippen LogP contribution in [0.4, 0.5) is 0 Å². The maximum atomic E-state index is 12.7. The third-order valence-corrected chi connectivity index (χ3v) is 5.75. The Kier molecular flexibility index (Phi) is 7.33. The number of nitrogens with one attached hydrogen (secondary N) is 2. The fourth-order valence-electron chi connectivity index (χ4n) is 3.97. The van der Waals surface area contributed by atoms with Crippen molar-refractivity contribution in [1.29, 1.82) is 0 Å². The zero-order valence-electron chi connectivity index (χ0n) is 19.8. The van der Waals surface area contributed by atoms with Gasteiger partial charge < -0.3 is 25.1 Å². The number of methoxy groups -OCH3 is 1. The molecular formula is C26H23N4O7-. The monoisotopic (exact) mass is 503 g/mol. The van der Waals surface area contributed by atoms with Crippen LogP contribution in [0.1, 0.15) is 24.8 Å². The average molecular weight is 503 g/mol. The van der Waals surface area contributed by atoms with E-state index < -0.39 is 29.0 Å². The molecule has 0 radical (unpaired) electrons. The molecule has 0 aliphatic carbocycles. The van der Waals surface area contributed by atoms with Gasteiger partial charge in [0.05, 0.1) is 23.9 Å². The summed E-state index contributed by atoms with van der Waals surface area (Å²) in [5, 5.41) is 25.6. The number of aromatic amines is 1. The van der Waals surface area contributed by atoms with Crippen molar-refractivity contribution in [2.45, 2.75) is 19.3 Å². The minimum atomic E-state index is -1.31. The van der Waals surface area contributed by atoms with Crippen LogP contribution in [0.3, 0.4) is 0 Å². The van der Waals surface area contributed by atoms with Crippen molar-refractivity contribution in [3.8, 4) is 17.3 Å². The largest absolute Gasteiger partial charge is 0.550 e. The van der Waals surface area contributed by atoms with Crippen molar-refractivity contribution in [3.05, 3.63) is 91.2 Å². The van der Waals surface area contributed by atoms with Gasteiger partial charge in [-0.25, -0.2) is 14.4 Å². The molecule has 0 spiro atoms. The molecule has 0 atom stereocenters. The van der Waals surface area contributed by atoms with Gasteiger partial charge in [0.2, 0.25) is 11.8 Å². The number of amides is 1. The lowest BCUT2D eigenvalue weighted by Gasteiger charge is -2.12. The molecule has 1 aliphatic rings. The Balaban J connectivity index is 1.72. The number of rotatable bonds is 9. The molecule has 1 aliphatic heterocycles. The Morgan fingerprint density at radius 2 is 1.95 bits per heavy atom. The smallest absolute Gasteiger partial charge is 0.335 e. The number of hydrogen-bond donors (Lipinski definition) is 3. The number of fused-ring (bicyclic) bond motifs is 1. The highest BCUT2D eigenvalue weighted by Crippen LogP contribution is 2.25. The molecule has 1 aromatic heterocycles. The highest BCUT2D eigenvalue weighted by atomic mass is 16.5. The third-order valence-electron chi connectivity index (χ3n) is 5.75. The van der Waals surface area contributed by atoms with Crippen molar-refractivity contribution >= 4 is 23.5 Å². The third kappa shape index (κ3) is 5.50. The molecule has 3 N–H and O–H groups in total. The van der Waals surface area contributed by atoms with E-state index in [-0.39, 0.29) is 30.6 Å². The average Bonchev–Trinajstić information content (AvgIpc) is 3.22. The second-order valence-electron chi connectivity index (χ2n) is 8.14. The number of carboxylic acid groups (broad SMARTS) is 1. The van der Waals surface area contributed by atoms with Gasteiger partial charge in [-0.3, -0.25) is 14.6 Å². The Labute approximate surface area is 209 Å². The van der Waals surface area contributed by atoms with E-state index in [0.29, 0.717) is 28.8 Å². The first-order chi connectivity index (χ1) is 17.8. The van der Waals surface area contributed by atoms with Crippen LogP contribution < -0.4 is 37.0 Å². The van der Waals surface area contributed by atoms with Crippen molar-refractivity contribution in [1.82, 2.24) is 14.9 Å². The summed E-state index contributed by atoms with van der Waals surface area (Å²) in [5.74, 6) is -1.86. The topological polar surface area (TPSA) is 166 Å². The maximum absolute atomic E-state index is 12.7. The molecule has 1 amide bonds. The van der Waals surface area contributed by atoms with E-state index in [0.717, 1.165) is 9.79 Å². The number of carboxylic acids is 1. The Hall–Kier alpha value is -4.93. The van der Waals surface area contributed by atoms with Crippen LogP contribution in [0.15, 0.2) is 68.8 Å². The summed E-state index contributed by atoms with van der Waals surface area (Å²) < 4.78 is 6.14. The molecule has 2 heterocycles. The highest BCUT2D eigenvalue weighted by molar-refractivity contribution is 5.80.